The van der Waals surface area contributed by atoms with Crippen LogP contribution in [0.2, 0.25) is 0 Å². The van der Waals surface area contributed by atoms with Gasteiger partial charge >= 0.3 is 0 Å². The van der Waals surface area contributed by atoms with Crippen LogP contribution in [0.1, 0.15) is 88.7 Å². The summed E-state index contributed by atoms with van der Waals surface area (Å²) in [5.74, 6) is 2.62. The van der Waals surface area contributed by atoms with E-state index >= 15 is 0 Å². The Morgan fingerprint density at radius 1 is 0.963 bits per heavy atom. The van der Waals surface area contributed by atoms with Gasteiger partial charge in [0.15, 0.2) is 0 Å². The predicted octanol–water partition coefficient (Wildman–Crippen LogP) is 7.68. The number of rotatable bonds is 8. The van der Waals surface area contributed by atoms with Crippen molar-refractivity contribution in [3.05, 3.63) is 53.6 Å². The number of nitrogens with zero attached hydrogens (tertiary/aromatic N) is 1. The highest BCUT2D eigenvalue weighted by molar-refractivity contribution is 5.75. The molecule has 1 atom stereocenters. The van der Waals surface area contributed by atoms with Crippen molar-refractivity contribution >= 4 is 5.57 Å². The van der Waals surface area contributed by atoms with Crippen LogP contribution in [0.25, 0.3) is 5.57 Å². The maximum atomic E-state index is 8.94. The first kappa shape index (κ1) is 19.9. The van der Waals surface area contributed by atoms with E-state index in [9.17, 15) is 0 Å². The minimum atomic E-state index is 0.734. The standard InChI is InChI=1S/C26H35N/c1-2-3-4-5-6-7-21-8-12-23(13-9-21)25-16-18-26(19-17-25)24-14-10-22(20-27)11-15-24/h10-11,14-16,18-19,21,23,25H,2-9,12-13,17H2,1H3. The Bertz CT molecular complexity index is 665. The van der Waals surface area contributed by atoms with Gasteiger partial charge in [0.1, 0.15) is 0 Å². The maximum absolute atomic E-state index is 8.94. The zero-order chi connectivity index (χ0) is 18.9. The number of nitriles is 1. The summed E-state index contributed by atoms with van der Waals surface area (Å²) in [5.41, 5.74) is 3.28. The van der Waals surface area contributed by atoms with Crippen LogP contribution >= 0.6 is 0 Å². The molecule has 1 fully saturated rings. The van der Waals surface area contributed by atoms with Gasteiger partial charge < -0.3 is 0 Å². The highest BCUT2D eigenvalue weighted by Gasteiger charge is 2.26. The van der Waals surface area contributed by atoms with E-state index in [4.69, 9.17) is 5.26 Å². The van der Waals surface area contributed by atoms with Crippen molar-refractivity contribution in [2.45, 2.75) is 77.6 Å². The van der Waals surface area contributed by atoms with Crippen molar-refractivity contribution in [1.29, 1.82) is 5.26 Å². The Balaban J connectivity index is 1.41. The third-order valence-corrected chi connectivity index (χ3v) is 6.69. The molecule has 1 heteroatoms. The van der Waals surface area contributed by atoms with Crippen molar-refractivity contribution in [3.8, 4) is 6.07 Å². The molecule has 0 N–H and O–H groups in total. The molecule has 27 heavy (non-hydrogen) atoms. The van der Waals surface area contributed by atoms with Gasteiger partial charge in [-0.25, -0.2) is 0 Å². The molecule has 1 aromatic carbocycles. The molecule has 0 saturated heterocycles. The molecule has 2 aliphatic rings. The van der Waals surface area contributed by atoms with Crippen LogP contribution < -0.4 is 0 Å². The molecule has 0 radical (unpaired) electrons. The average molecular weight is 362 g/mol. The van der Waals surface area contributed by atoms with Crippen LogP contribution in [0.15, 0.2) is 42.5 Å². The van der Waals surface area contributed by atoms with E-state index in [1.165, 1.54) is 81.8 Å². The van der Waals surface area contributed by atoms with Gasteiger partial charge in [0.05, 0.1) is 11.6 Å². The first-order chi connectivity index (χ1) is 13.3. The summed E-state index contributed by atoms with van der Waals surface area (Å²) in [6.45, 7) is 2.30. The summed E-state index contributed by atoms with van der Waals surface area (Å²) >= 11 is 0. The molecule has 0 amide bonds. The fraction of sp³-hybridized carbons (Fsp3) is 0.577. The summed E-state index contributed by atoms with van der Waals surface area (Å²) < 4.78 is 0. The lowest BCUT2D eigenvalue weighted by molar-refractivity contribution is 0.218. The van der Waals surface area contributed by atoms with E-state index in [1.807, 2.05) is 12.1 Å². The van der Waals surface area contributed by atoms with Gasteiger partial charge in [-0.1, -0.05) is 88.7 Å². The van der Waals surface area contributed by atoms with Gasteiger partial charge in [-0.05, 0) is 60.3 Å². The molecule has 0 heterocycles. The summed E-state index contributed by atoms with van der Waals surface area (Å²) in [5, 5.41) is 8.94. The number of hydrogen-bond acceptors (Lipinski definition) is 1. The second-order valence-electron chi connectivity index (χ2n) is 8.59. The number of benzene rings is 1. The second-order valence-corrected chi connectivity index (χ2v) is 8.59. The molecule has 1 nitrogen and oxygen atoms in total. The lowest BCUT2D eigenvalue weighted by Gasteiger charge is -2.33. The van der Waals surface area contributed by atoms with Crippen LogP contribution in [-0.2, 0) is 0 Å². The van der Waals surface area contributed by atoms with Crippen molar-refractivity contribution in [2.24, 2.45) is 17.8 Å². The largest absolute Gasteiger partial charge is 0.192 e. The molecular weight excluding hydrogens is 326 g/mol. The molecule has 3 rings (SSSR count). The van der Waals surface area contributed by atoms with E-state index in [-0.39, 0.29) is 0 Å². The van der Waals surface area contributed by atoms with Crippen molar-refractivity contribution in [1.82, 2.24) is 0 Å². The Morgan fingerprint density at radius 3 is 2.33 bits per heavy atom. The molecule has 0 aliphatic heterocycles. The van der Waals surface area contributed by atoms with E-state index in [2.05, 4.69) is 43.4 Å². The van der Waals surface area contributed by atoms with E-state index in [0.717, 1.165) is 23.3 Å². The fourth-order valence-electron chi connectivity index (χ4n) is 4.88. The zero-order valence-corrected chi connectivity index (χ0v) is 17.0. The van der Waals surface area contributed by atoms with Gasteiger partial charge in [-0.3, -0.25) is 0 Å². The normalized spacial score (nSPS) is 25.0. The Kier molecular flexibility index (Phi) is 7.76. The van der Waals surface area contributed by atoms with Crippen LogP contribution in [-0.4, -0.2) is 0 Å². The summed E-state index contributed by atoms with van der Waals surface area (Å²) in [6.07, 6.45) is 22.7. The van der Waals surface area contributed by atoms with Gasteiger partial charge in [0.2, 0.25) is 0 Å². The SMILES string of the molecule is CCCCCCCC1CCC(C2C=CC(c3ccc(C#N)cc3)=CC2)CC1. The van der Waals surface area contributed by atoms with Crippen LogP contribution in [0, 0.1) is 29.1 Å². The third-order valence-electron chi connectivity index (χ3n) is 6.69. The third kappa shape index (κ3) is 5.83. The second kappa shape index (κ2) is 10.5. The fourth-order valence-corrected chi connectivity index (χ4v) is 4.88. The number of allylic oxidation sites excluding steroid dienone is 4. The highest BCUT2D eigenvalue weighted by Crippen LogP contribution is 2.39. The lowest BCUT2D eigenvalue weighted by Crippen LogP contribution is -2.21. The predicted molar refractivity (Wildman–Crippen MR) is 115 cm³/mol. The Hall–Kier alpha value is -1.81. The van der Waals surface area contributed by atoms with Crippen molar-refractivity contribution in [3.63, 3.8) is 0 Å². The van der Waals surface area contributed by atoms with Gasteiger partial charge in [-0.15, -0.1) is 0 Å². The monoisotopic (exact) mass is 361 g/mol. The van der Waals surface area contributed by atoms with E-state index in [1.54, 1.807) is 0 Å². The highest BCUT2D eigenvalue weighted by atomic mass is 14.3. The first-order valence-electron chi connectivity index (χ1n) is 11.2. The van der Waals surface area contributed by atoms with Crippen LogP contribution in [0.3, 0.4) is 0 Å². The van der Waals surface area contributed by atoms with Crippen LogP contribution in [0.4, 0.5) is 0 Å². The Labute approximate surface area is 166 Å². The van der Waals surface area contributed by atoms with Crippen molar-refractivity contribution in [2.75, 3.05) is 0 Å². The Morgan fingerprint density at radius 2 is 1.70 bits per heavy atom. The summed E-state index contributed by atoms with van der Waals surface area (Å²) in [4.78, 5) is 0. The van der Waals surface area contributed by atoms with E-state index in [0.29, 0.717) is 0 Å². The molecule has 1 aromatic rings. The molecule has 1 saturated carbocycles. The van der Waals surface area contributed by atoms with Gasteiger partial charge in [0, 0.05) is 0 Å². The molecule has 0 aromatic heterocycles. The minimum Gasteiger partial charge on any atom is -0.192 e. The van der Waals surface area contributed by atoms with Crippen molar-refractivity contribution < 1.29 is 0 Å². The average Bonchev–Trinajstić information content (AvgIpc) is 2.74. The number of unbranched alkanes of at least 4 members (excludes halogenated alkanes) is 4. The first-order valence-corrected chi connectivity index (χ1v) is 11.2. The quantitative estimate of drug-likeness (QED) is 0.435. The maximum Gasteiger partial charge on any atom is 0.0991 e. The molecule has 0 spiro atoms. The molecule has 2 aliphatic carbocycles. The summed E-state index contributed by atoms with van der Waals surface area (Å²) in [6, 6.07) is 10.2. The molecule has 1 unspecified atom stereocenters. The lowest BCUT2D eigenvalue weighted by atomic mass is 9.72. The zero-order valence-electron chi connectivity index (χ0n) is 17.0. The molecule has 0 bridgehead atoms. The van der Waals surface area contributed by atoms with E-state index < -0.39 is 0 Å². The van der Waals surface area contributed by atoms with Gasteiger partial charge in [0.25, 0.3) is 0 Å². The topological polar surface area (TPSA) is 23.8 Å². The van der Waals surface area contributed by atoms with Gasteiger partial charge in [-0.2, -0.15) is 5.26 Å². The smallest absolute Gasteiger partial charge is 0.0991 e. The molecule has 144 valence electrons. The number of hydrogen-bond donors (Lipinski definition) is 0. The van der Waals surface area contributed by atoms with Crippen LogP contribution in [0.5, 0.6) is 0 Å². The molecular formula is C26H35N. The minimum absolute atomic E-state index is 0.734. The summed E-state index contributed by atoms with van der Waals surface area (Å²) in [7, 11) is 0.